The van der Waals surface area contributed by atoms with Crippen LogP contribution >= 0.6 is 22.7 Å². The average molecular weight is 323 g/mol. The number of amides is 2. The third-order valence-electron chi connectivity index (χ3n) is 3.01. The van der Waals surface area contributed by atoms with Crippen molar-refractivity contribution in [2.24, 2.45) is 0 Å². The number of aryl methyl sites for hydroxylation is 2. The fourth-order valence-electron chi connectivity index (χ4n) is 1.74. The molecule has 5 nitrogen and oxygen atoms in total. The van der Waals surface area contributed by atoms with Gasteiger partial charge in [0, 0.05) is 11.4 Å². The molecule has 2 aromatic rings. The van der Waals surface area contributed by atoms with Gasteiger partial charge in [-0.1, -0.05) is 6.07 Å². The molecule has 7 heteroatoms. The molecule has 0 radical (unpaired) electrons. The Kier molecular flexibility index (Phi) is 5.08. The number of carbonyl (C=O) groups excluding carboxylic acids is 2. The molecule has 1 N–H and O–H groups in total. The van der Waals surface area contributed by atoms with Gasteiger partial charge in [0.05, 0.1) is 10.6 Å². The van der Waals surface area contributed by atoms with E-state index in [4.69, 9.17) is 0 Å². The first-order valence-corrected chi connectivity index (χ1v) is 8.27. The van der Waals surface area contributed by atoms with E-state index in [-0.39, 0.29) is 18.4 Å². The summed E-state index contributed by atoms with van der Waals surface area (Å²) >= 11 is 2.82. The molecule has 0 spiro atoms. The molecule has 2 aromatic heterocycles. The van der Waals surface area contributed by atoms with Crippen molar-refractivity contribution in [2.75, 3.05) is 18.4 Å². The predicted octanol–water partition coefficient (Wildman–Crippen LogP) is 2.92. The zero-order valence-corrected chi connectivity index (χ0v) is 13.8. The summed E-state index contributed by atoms with van der Waals surface area (Å²) in [4.78, 5) is 31.8. The Balaban J connectivity index is 1.98. The van der Waals surface area contributed by atoms with E-state index < -0.39 is 0 Å². The van der Waals surface area contributed by atoms with E-state index >= 15 is 0 Å². The second-order valence-electron chi connectivity index (χ2n) is 4.51. The SMILES string of the molecule is CCN(CC(=O)Nc1nc(C)c(C)s1)C(=O)c1cccs1. The quantitative estimate of drug-likeness (QED) is 0.920. The number of carbonyl (C=O) groups is 2. The van der Waals surface area contributed by atoms with Crippen LogP contribution in [0, 0.1) is 13.8 Å². The fourth-order valence-corrected chi connectivity index (χ4v) is 3.26. The summed E-state index contributed by atoms with van der Waals surface area (Å²) in [6, 6.07) is 3.59. The lowest BCUT2D eigenvalue weighted by Crippen LogP contribution is -2.37. The highest BCUT2D eigenvalue weighted by Crippen LogP contribution is 2.21. The highest BCUT2D eigenvalue weighted by atomic mass is 32.1. The molecule has 2 amide bonds. The van der Waals surface area contributed by atoms with Gasteiger partial charge in [0.2, 0.25) is 5.91 Å². The van der Waals surface area contributed by atoms with Crippen LogP contribution < -0.4 is 5.32 Å². The third-order valence-corrected chi connectivity index (χ3v) is 4.86. The number of thiazole rings is 1. The largest absolute Gasteiger partial charge is 0.329 e. The van der Waals surface area contributed by atoms with E-state index in [0.29, 0.717) is 16.6 Å². The summed E-state index contributed by atoms with van der Waals surface area (Å²) in [5.74, 6) is -0.343. The topological polar surface area (TPSA) is 62.3 Å². The zero-order valence-electron chi connectivity index (χ0n) is 12.2. The van der Waals surface area contributed by atoms with E-state index in [2.05, 4.69) is 10.3 Å². The van der Waals surface area contributed by atoms with E-state index in [1.165, 1.54) is 27.6 Å². The molecule has 0 atom stereocenters. The second-order valence-corrected chi connectivity index (χ2v) is 6.66. The van der Waals surface area contributed by atoms with E-state index in [1.54, 1.807) is 6.07 Å². The van der Waals surface area contributed by atoms with Crippen molar-refractivity contribution in [1.29, 1.82) is 0 Å². The fraction of sp³-hybridized carbons (Fsp3) is 0.357. The molecule has 0 fully saturated rings. The maximum atomic E-state index is 12.2. The molecule has 0 aromatic carbocycles. The van der Waals surface area contributed by atoms with Gasteiger partial charge in [0.25, 0.3) is 5.91 Å². The third kappa shape index (κ3) is 3.89. The number of nitrogens with zero attached hydrogens (tertiary/aromatic N) is 2. The molecule has 112 valence electrons. The first-order valence-electron chi connectivity index (χ1n) is 6.58. The minimum atomic E-state index is -0.226. The van der Waals surface area contributed by atoms with Crippen LogP contribution in [-0.4, -0.2) is 34.8 Å². The van der Waals surface area contributed by atoms with Crippen LogP contribution in [0.5, 0.6) is 0 Å². The van der Waals surface area contributed by atoms with E-state index in [9.17, 15) is 9.59 Å². The van der Waals surface area contributed by atoms with Crippen LogP contribution in [0.15, 0.2) is 17.5 Å². The molecule has 0 saturated carbocycles. The molecule has 0 aliphatic heterocycles. The minimum absolute atomic E-state index is 0.0326. The molecule has 2 rings (SSSR count). The maximum absolute atomic E-state index is 12.2. The lowest BCUT2D eigenvalue weighted by molar-refractivity contribution is -0.116. The van der Waals surface area contributed by atoms with Gasteiger partial charge in [-0.3, -0.25) is 9.59 Å². The Morgan fingerprint density at radius 3 is 2.67 bits per heavy atom. The molecule has 0 aliphatic rings. The second kappa shape index (κ2) is 6.82. The van der Waals surface area contributed by atoms with Crippen LogP contribution in [0.1, 0.15) is 27.2 Å². The van der Waals surface area contributed by atoms with Crippen molar-refractivity contribution in [3.05, 3.63) is 33.0 Å². The summed E-state index contributed by atoms with van der Waals surface area (Å²) in [6.07, 6.45) is 0. The lowest BCUT2D eigenvalue weighted by Gasteiger charge is -2.19. The van der Waals surface area contributed by atoms with Crippen molar-refractivity contribution >= 4 is 39.6 Å². The van der Waals surface area contributed by atoms with Gasteiger partial charge in [-0.2, -0.15) is 0 Å². The Labute approximate surface area is 131 Å². The number of thiophene rings is 1. The van der Waals surface area contributed by atoms with Gasteiger partial charge in [0.1, 0.15) is 6.54 Å². The predicted molar refractivity (Wildman–Crippen MR) is 86.1 cm³/mol. The summed E-state index contributed by atoms with van der Waals surface area (Å²) < 4.78 is 0. The monoisotopic (exact) mass is 323 g/mol. The molecule has 0 saturated heterocycles. The number of aromatic nitrogens is 1. The van der Waals surface area contributed by atoms with Gasteiger partial charge >= 0.3 is 0 Å². The van der Waals surface area contributed by atoms with Crippen molar-refractivity contribution in [3.8, 4) is 0 Å². The van der Waals surface area contributed by atoms with Gasteiger partial charge < -0.3 is 10.2 Å². The van der Waals surface area contributed by atoms with Crippen LogP contribution in [-0.2, 0) is 4.79 Å². The molecular weight excluding hydrogens is 306 g/mol. The van der Waals surface area contributed by atoms with Crippen LogP contribution in [0.25, 0.3) is 0 Å². The number of rotatable bonds is 5. The smallest absolute Gasteiger partial charge is 0.264 e. The van der Waals surface area contributed by atoms with Crippen LogP contribution in [0.3, 0.4) is 0 Å². The minimum Gasteiger partial charge on any atom is -0.329 e. The number of likely N-dealkylation sites (N-methyl/N-ethyl adjacent to an activating group) is 1. The molecule has 21 heavy (non-hydrogen) atoms. The summed E-state index contributed by atoms with van der Waals surface area (Å²) in [7, 11) is 0. The molecule has 0 unspecified atom stereocenters. The Morgan fingerprint density at radius 2 is 2.14 bits per heavy atom. The average Bonchev–Trinajstić information content (AvgIpc) is 3.06. The number of hydrogen-bond donors (Lipinski definition) is 1. The number of hydrogen-bond acceptors (Lipinski definition) is 5. The normalized spacial score (nSPS) is 10.4. The van der Waals surface area contributed by atoms with Crippen LogP contribution in [0.2, 0.25) is 0 Å². The van der Waals surface area contributed by atoms with Crippen LogP contribution in [0.4, 0.5) is 5.13 Å². The first kappa shape index (κ1) is 15.7. The van der Waals surface area contributed by atoms with Gasteiger partial charge in [0.15, 0.2) is 5.13 Å². The Hall–Kier alpha value is -1.73. The summed E-state index contributed by atoms with van der Waals surface area (Å²) in [5.41, 5.74) is 0.914. The Morgan fingerprint density at radius 1 is 1.38 bits per heavy atom. The van der Waals surface area contributed by atoms with Crippen molar-refractivity contribution < 1.29 is 9.59 Å². The van der Waals surface area contributed by atoms with Gasteiger partial charge in [-0.15, -0.1) is 22.7 Å². The zero-order chi connectivity index (χ0) is 15.4. The van der Waals surface area contributed by atoms with Crippen molar-refractivity contribution in [3.63, 3.8) is 0 Å². The Bertz CT molecular complexity index is 615. The van der Waals surface area contributed by atoms with E-state index in [0.717, 1.165) is 10.6 Å². The molecule has 0 bridgehead atoms. The summed E-state index contributed by atoms with van der Waals surface area (Å²) in [5, 5.41) is 5.17. The standard InChI is InChI=1S/C14H17N3O2S2/c1-4-17(13(19)11-6-5-7-20-11)8-12(18)16-14-15-9(2)10(3)21-14/h5-7H,4,8H2,1-3H3,(H,15,16,18). The maximum Gasteiger partial charge on any atom is 0.264 e. The molecule has 2 heterocycles. The molecule has 0 aliphatic carbocycles. The van der Waals surface area contributed by atoms with Crippen molar-refractivity contribution in [1.82, 2.24) is 9.88 Å². The highest BCUT2D eigenvalue weighted by molar-refractivity contribution is 7.15. The lowest BCUT2D eigenvalue weighted by atomic mass is 10.3. The van der Waals surface area contributed by atoms with Crippen molar-refractivity contribution in [2.45, 2.75) is 20.8 Å². The van der Waals surface area contributed by atoms with E-state index in [1.807, 2.05) is 32.2 Å². The summed E-state index contributed by atoms with van der Waals surface area (Å²) in [6.45, 7) is 6.24. The van der Waals surface area contributed by atoms with Gasteiger partial charge in [-0.25, -0.2) is 4.98 Å². The number of nitrogens with one attached hydrogen (secondary N) is 1. The van der Waals surface area contributed by atoms with Gasteiger partial charge in [-0.05, 0) is 32.2 Å². The highest BCUT2D eigenvalue weighted by Gasteiger charge is 2.18. The molecular formula is C14H17N3O2S2. The first-order chi connectivity index (χ1) is 10.0. The number of anilines is 1.